The summed E-state index contributed by atoms with van der Waals surface area (Å²) in [6, 6.07) is 1.99. The molecule has 1 heterocycles. The molecule has 0 unspecified atom stereocenters. The Morgan fingerprint density at radius 3 is 2.65 bits per heavy atom. The maximum absolute atomic E-state index is 13.8. The highest BCUT2D eigenvalue weighted by Gasteiger charge is 2.37. The minimum atomic E-state index is -0.726. The van der Waals surface area contributed by atoms with Crippen LogP contribution in [-0.4, -0.2) is 18.0 Å². The fourth-order valence-corrected chi connectivity index (χ4v) is 2.20. The zero-order chi connectivity index (χ0) is 12.8. The van der Waals surface area contributed by atoms with Gasteiger partial charge >= 0.3 is 0 Å². The molecule has 1 aromatic rings. The van der Waals surface area contributed by atoms with Crippen LogP contribution in [0.3, 0.4) is 0 Å². The van der Waals surface area contributed by atoms with Crippen LogP contribution in [0.2, 0.25) is 0 Å². The third-order valence-electron chi connectivity index (χ3n) is 2.88. The molecule has 0 saturated carbocycles. The van der Waals surface area contributed by atoms with Gasteiger partial charge in [-0.15, -0.1) is 0 Å². The Hall–Kier alpha value is -1.65. The summed E-state index contributed by atoms with van der Waals surface area (Å²) in [5.41, 5.74) is -0.107. The summed E-state index contributed by atoms with van der Waals surface area (Å²) in [5.74, 6) is -1.64. The largest absolute Gasteiger partial charge is 0.381 e. The Kier molecular flexibility index (Phi) is 2.56. The second-order valence-electron chi connectivity index (χ2n) is 4.80. The molecule has 1 N–H and O–H groups in total. The molecule has 0 spiro atoms. The molecule has 1 amide bonds. The van der Waals surface area contributed by atoms with Gasteiger partial charge in [0.25, 0.3) is 0 Å². The topological polar surface area (TPSA) is 32.3 Å². The monoisotopic (exact) mass is 240 g/mol. The summed E-state index contributed by atoms with van der Waals surface area (Å²) in [6.07, 6.45) is 0. The second kappa shape index (κ2) is 3.68. The van der Waals surface area contributed by atoms with Crippen molar-refractivity contribution >= 4 is 17.3 Å². The summed E-state index contributed by atoms with van der Waals surface area (Å²) in [5, 5.41) is 2.95. The van der Waals surface area contributed by atoms with Gasteiger partial charge < -0.3 is 10.2 Å². The number of amides is 1. The van der Waals surface area contributed by atoms with E-state index in [-0.39, 0.29) is 11.6 Å². The van der Waals surface area contributed by atoms with Crippen molar-refractivity contribution in [1.82, 2.24) is 0 Å². The lowest BCUT2D eigenvalue weighted by Gasteiger charge is -2.43. The number of nitrogens with zero attached hydrogens (tertiary/aromatic N) is 1. The molecule has 0 atom stereocenters. The molecular formula is C12H14F2N2O. The lowest BCUT2D eigenvalue weighted by atomic mass is 9.97. The third-order valence-corrected chi connectivity index (χ3v) is 2.88. The number of hydrogen-bond donors (Lipinski definition) is 1. The third kappa shape index (κ3) is 1.85. The molecule has 1 aliphatic heterocycles. The minimum absolute atomic E-state index is 0.121. The summed E-state index contributed by atoms with van der Waals surface area (Å²) in [7, 11) is 0. The van der Waals surface area contributed by atoms with E-state index in [0.29, 0.717) is 12.2 Å². The van der Waals surface area contributed by atoms with Crippen molar-refractivity contribution in [2.24, 2.45) is 0 Å². The molecular weight excluding hydrogens is 226 g/mol. The standard InChI is InChI=1S/C12H14F2N2O/c1-7(17)16-11-9(14)4-8(13)5-10(11)15-6-12(16,2)3/h4-5,15H,6H2,1-3H3. The van der Waals surface area contributed by atoms with E-state index in [0.717, 1.165) is 6.07 Å². The Morgan fingerprint density at radius 1 is 1.41 bits per heavy atom. The molecule has 5 heteroatoms. The highest BCUT2D eigenvalue weighted by molar-refractivity contribution is 5.98. The van der Waals surface area contributed by atoms with Crippen LogP contribution in [0.4, 0.5) is 20.2 Å². The summed E-state index contributed by atoms with van der Waals surface area (Å²) < 4.78 is 26.9. The van der Waals surface area contributed by atoms with Gasteiger partial charge in [-0.05, 0) is 19.9 Å². The van der Waals surface area contributed by atoms with Gasteiger partial charge in [-0.25, -0.2) is 8.78 Å². The van der Waals surface area contributed by atoms with E-state index in [1.807, 2.05) is 13.8 Å². The number of rotatable bonds is 0. The van der Waals surface area contributed by atoms with Crippen LogP contribution in [0.15, 0.2) is 12.1 Å². The number of carbonyl (C=O) groups excluding carboxylic acids is 1. The first-order chi connectivity index (χ1) is 7.83. The summed E-state index contributed by atoms with van der Waals surface area (Å²) in [6.45, 7) is 5.47. The van der Waals surface area contributed by atoms with Crippen LogP contribution in [0.5, 0.6) is 0 Å². The quantitative estimate of drug-likeness (QED) is 0.755. The highest BCUT2D eigenvalue weighted by atomic mass is 19.1. The lowest BCUT2D eigenvalue weighted by Crippen LogP contribution is -2.54. The number of anilines is 2. The zero-order valence-corrected chi connectivity index (χ0v) is 9.97. The van der Waals surface area contributed by atoms with Crippen molar-refractivity contribution in [3.63, 3.8) is 0 Å². The van der Waals surface area contributed by atoms with Crippen LogP contribution in [0, 0.1) is 11.6 Å². The zero-order valence-electron chi connectivity index (χ0n) is 9.97. The van der Waals surface area contributed by atoms with Gasteiger partial charge in [-0.2, -0.15) is 0 Å². The van der Waals surface area contributed by atoms with E-state index < -0.39 is 17.2 Å². The average Bonchev–Trinajstić information content (AvgIpc) is 2.17. The van der Waals surface area contributed by atoms with Gasteiger partial charge in [-0.3, -0.25) is 4.79 Å². The number of carbonyl (C=O) groups is 1. The van der Waals surface area contributed by atoms with Gasteiger partial charge in [0.15, 0.2) is 5.82 Å². The van der Waals surface area contributed by atoms with E-state index >= 15 is 0 Å². The molecule has 0 radical (unpaired) electrons. The smallest absolute Gasteiger partial charge is 0.224 e. The molecule has 2 rings (SSSR count). The Balaban J connectivity index is 2.64. The molecule has 17 heavy (non-hydrogen) atoms. The number of benzene rings is 1. The summed E-state index contributed by atoms with van der Waals surface area (Å²) in [4.78, 5) is 13.0. The van der Waals surface area contributed by atoms with Gasteiger partial charge in [0.2, 0.25) is 5.91 Å². The SMILES string of the molecule is CC(=O)N1c2c(F)cc(F)cc2NCC1(C)C. The number of fused-ring (bicyclic) bond motifs is 1. The number of hydrogen-bond acceptors (Lipinski definition) is 2. The number of halogens is 2. The van der Waals surface area contributed by atoms with Crippen molar-refractivity contribution in [1.29, 1.82) is 0 Å². The molecule has 0 aliphatic carbocycles. The second-order valence-corrected chi connectivity index (χ2v) is 4.80. The van der Waals surface area contributed by atoms with Crippen LogP contribution < -0.4 is 10.2 Å². The molecule has 0 aromatic heterocycles. The molecule has 0 fully saturated rings. The van der Waals surface area contributed by atoms with E-state index in [1.54, 1.807) is 0 Å². The maximum Gasteiger partial charge on any atom is 0.224 e. The van der Waals surface area contributed by atoms with E-state index in [4.69, 9.17) is 0 Å². The van der Waals surface area contributed by atoms with Gasteiger partial charge in [0, 0.05) is 19.5 Å². The fraction of sp³-hybridized carbons (Fsp3) is 0.417. The van der Waals surface area contributed by atoms with Crippen LogP contribution in [-0.2, 0) is 4.79 Å². The molecule has 3 nitrogen and oxygen atoms in total. The first-order valence-electron chi connectivity index (χ1n) is 5.36. The van der Waals surface area contributed by atoms with Crippen LogP contribution in [0.1, 0.15) is 20.8 Å². The van der Waals surface area contributed by atoms with Gasteiger partial charge in [-0.1, -0.05) is 0 Å². The fourth-order valence-electron chi connectivity index (χ4n) is 2.20. The molecule has 0 saturated heterocycles. The normalized spacial score (nSPS) is 17.4. The molecule has 1 aliphatic rings. The first kappa shape index (κ1) is 11.8. The van der Waals surface area contributed by atoms with Crippen LogP contribution in [0.25, 0.3) is 0 Å². The molecule has 0 bridgehead atoms. The van der Waals surface area contributed by atoms with Crippen molar-refractivity contribution in [2.45, 2.75) is 26.3 Å². The van der Waals surface area contributed by atoms with Crippen molar-refractivity contribution in [3.05, 3.63) is 23.8 Å². The summed E-state index contributed by atoms with van der Waals surface area (Å²) >= 11 is 0. The van der Waals surface area contributed by atoms with E-state index in [1.165, 1.54) is 17.9 Å². The van der Waals surface area contributed by atoms with Gasteiger partial charge in [0.05, 0.1) is 11.2 Å². The average molecular weight is 240 g/mol. The molecule has 92 valence electrons. The Bertz CT molecular complexity index is 486. The van der Waals surface area contributed by atoms with Crippen LogP contribution >= 0.6 is 0 Å². The lowest BCUT2D eigenvalue weighted by molar-refractivity contribution is -0.117. The highest BCUT2D eigenvalue weighted by Crippen LogP contribution is 2.38. The van der Waals surface area contributed by atoms with E-state index in [9.17, 15) is 13.6 Å². The number of nitrogens with one attached hydrogen (secondary N) is 1. The van der Waals surface area contributed by atoms with Crippen molar-refractivity contribution < 1.29 is 13.6 Å². The predicted molar refractivity (Wildman–Crippen MR) is 62.1 cm³/mol. The predicted octanol–water partition coefficient (Wildman–Crippen LogP) is 2.52. The maximum atomic E-state index is 13.8. The van der Waals surface area contributed by atoms with Gasteiger partial charge in [0.1, 0.15) is 11.5 Å². The Morgan fingerprint density at radius 2 is 2.06 bits per heavy atom. The Labute approximate surface area is 98.4 Å². The van der Waals surface area contributed by atoms with E-state index in [2.05, 4.69) is 5.32 Å². The molecule has 1 aromatic carbocycles. The van der Waals surface area contributed by atoms with Crippen molar-refractivity contribution in [2.75, 3.05) is 16.8 Å². The minimum Gasteiger partial charge on any atom is -0.381 e. The first-order valence-corrected chi connectivity index (χ1v) is 5.36. The van der Waals surface area contributed by atoms with Crippen molar-refractivity contribution in [3.8, 4) is 0 Å².